The van der Waals surface area contributed by atoms with Crippen LogP contribution in [0.1, 0.15) is 26.3 Å². The van der Waals surface area contributed by atoms with Gasteiger partial charge in [-0.25, -0.2) is 0 Å². The predicted molar refractivity (Wildman–Crippen MR) is 69.4 cm³/mol. The van der Waals surface area contributed by atoms with Crippen LogP contribution in [0, 0.1) is 0 Å². The van der Waals surface area contributed by atoms with Crippen LogP contribution in [0.15, 0.2) is 18.2 Å². The number of methoxy groups -OCH3 is 1. The van der Waals surface area contributed by atoms with Gasteiger partial charge in [0.1, 0.15) is 5.75 Å². The van der Waals surface area contributed by atoms with Crippen molar-refractivity contribution in [2.24, 2.45) is 5.73 Å². The molecule has 17 heavy (non-hydrogen) atoms. The summed E-state index contributed by atoms with van der Waals surface area (Å²) in [7, 11) is 1.60. The molecule has 1 aromatic carbocycles. The average Bonchev–Trinajstić information content (AvgIpc) is 2.24. The molecular formula is C13H20N2O2. The average molecular weight is 236 g/mol. The SMILES string of the molecule is COc1ccc(C(C)(C)C)cc1NCC(N)=O. The molecule has 0 radical (unpaired) electrons. The van der Waals surface area contributed by atoms with E-state index in [4.69, 9.17) is 10.5 Å². The molecule has 4 nitrogen and oxygen atoms in total. The Balaban J connectivity index is 3.02. The summed E-state index contributed by atoms with van der Waals surface area (Å²) in [5, 5.41) is 2.98. The van der Waals surface area contributed by atoms with E-state index in [0.717, 1.165) is 5.69 Å². The summed E-state index contributed by atoms with van der Waals surface area (Å²) in [4.78, 5) is 10.8. The topological polar surface area (TPSA) is 64.3 Å². The van der Waals surface area contributed by atoms with E-state index in [1.165, 1.54) is 5.56 Å². The smallest absolute Gasteiger partial charge is 0.236 e. The van der Waals surface area contributed by atoms with Gasteiger partial charge in [0.2, 0.25) is 5.91 Å². The molecule has 94 valence electrons. The first-order valence-electron chi connectivity index (χ1n) is 5.55. The number of nitrogens with two attached hydrogens (primary N) is 1. The number of hydrogen-bond acceptors (Lipinski definition) is 3. The third-order valence-corrected chi connectivity index (χ3v) is 2.52. The molecule has 0 saturated carbocycles. The van der Waals surface area contributed by atoms with Crippen molar-refractivity contribution >= 4 is 11.6 Å². The summed E-state index contributed by atoms with van der Waals surface area (Å²) in [5.74, 6) is 0.312. The minimum Gasteiger partial charge on any atom is -0.495 e. The van der Waals surface area contributed by atoms with Gasteiger partial charge in [-0.2, -0.15) is 0 Å². The molecule has 0 unspecified atom stereocenters. The number of carbonyl (C=O) groups is 1. The molecule has 0 heterocycles. The van der Waals surface area contributed by atoms with Gasteiger partial charge in [-0.3, -0.25) is 4.79 Å². The van der Waals surface area contributed by atoms with Gasteiger partial charge < -0.3 is 15.8 Å². The lowest BCUT2D eigenvalue weighted by molar-refractivity contribution is -0.116. The maximum Gasteiger partial charge on any atom is 0.236 e. The molecule has 0 spiro atoms. The van der Waals surface area contributed by atoms with E-state index in [1.807, 2.05) is 18.2 Å². The molecule has 1 amide bonds. The standard InChI is InChI=1S/C13H20N2O2/c1-13(2,3)9-5-6-11(17-4)10(7-9)15-8-12(14)16/h5-7,15H,8H2,1-4H3,(H2,14,16). The van der Waals surface area contributed by atoms with Crippen molar-refractivity contribution in [3.8, 4) is 5.75 Å². The minimum atomic E-state index is -0.395. The Labute approximate surface area is 102 Å². The summed E-state index contributed by atoms with van der Waals surface area (Å²) in [6.45, 7) is 6.50. The molecule has 0 aromatic heterocycles. The molecule has 4 heteroatoms. The van der Waals surface area contributed by atoms with Crippen LogP contribution in [0.25, 0.3) is 0 Å². The molecule has 0 atom stereocenters. The Morgan fingerprint density at radius 2 is 2.06 bits per heavy atom. The monoisotopic (exact) mass is 236 g/mol. The van der Waals surface area contributed by atoms with Crippen LogP contribution in [0.5, 0.6) is 5.75 Å². The van der Waals surface area contributed by atoms with E-state index < -0.39 is 5.91 Å². The maximum atomic E-state index is 10.8. The number of rotatable bonds is 4. The van der Waals surface area contributed by atoms with Crippen LogP contribution >= 0.6 is 0 Å². The van der Waals surface area contributed by atoms with Crippen molar-refractivity contribution in [3.05, 3.63) is 23.8 Å². The Hall–Kier alpha value is -1.71. The first kappa shape index (κ1) is 13.4. The van der Waals surface area contributed by atoms with E-state index in [2.05, 4.69) is 26.1 Å². The first-order valence-corrected chi connectivity index (χ1v) is 5.55. The third-order valence-electron chi connectivity index (χ3n) is 2.52. The van der Waals surface area contributed by atoms with Gasteiger partial charge in [-0.1, -0.05) is 26.8 Å². The van der Waals surface area contributed by atoms with E-state index >= 15 is 0 Å². The molecular weight excluding hydrogens is 216 g/mol. The van der Waals surface area contributed by atoms with Gasteiger partial charge in [0.25, 0.3) is 0 Å². The van der Waals surface area contributed by atoms with E-state index in [-0.39, 0.29) is 12.0 Å². The Kier molecular flexibility index (Phi) is 3.99. The zero-order chi connectivity index (χ0) is 13.1. The highest BCUT2D eigenvalue weighted by molar-refractivity contribution is 5.79. The number of amides is 1. The normalized spacial score (nSPS) is 11.1. The number of hydrogen-bond donors (Lipinski definition) is 2. The minimum absolute atomic E-state index is 0.0510. The number of benzene rings is 1. The summed E-state index contributed by atoms with van der Waals surface area (Å²) in [5.41, 5.74) is 7.13. The number of ether oxygens (including phenoxy) is 1. The van der Waals surface area contributed by atoms with Gasteiger partial charge in [0.15, 0.2) is 0 Å². The van der Waals surface area contributed by atoms with Crippen molar-refractivity contribution in [1.29, 1.82) is 0 Å². The molecule has 0 fully saturated rings. The summed E-state index contributed by atoms with van der Waals surface area (Å²) in [6, 6.07) is 5.90. The second kappa shape index (κ2) is 5.08. The van der Waals surface area contributed by atoms with Crippen LogP contribution in [0.2, 0.25) is 0 Å². The highest BCUT2D eigenvalue weighted by Gasteiger charge is 2.15. The molecule has 0 bridgehead atoms. The van der Waals surface area contributed by atoms with Gasteiger partial charge in [-0.05, 0) is 23.1 Å². The summed E-state index contributed by atoms with van der Waals surface area (Å²) < 4.78 is 5.23. The number of carbonyl (C=O) groups excluding carboxylic acids is 1. The lowest BCUT2D eigenvalue weighted by atomic mass is 9.87. The first-order chi connectivity index (χ1) is 7.84. The van der Waals surface area contributed by atoms with Crippen molar-refractivity contribution in [2.45, 2.75) is 26.2 Å². The third kappa shape index (κ3) is 3.66. The molecule has 1 rings (SSSR count). The van der Waals surface area contributed by atoms with Gasteiger partial charge >= 0.3 is 0 Å². The van der Waals surface area contributed by atoms with E-state index in [0.29, 0.717) is 5.75 Å². The van der Waals surface area contributed by atoms with Crippen molar-refractivity contribution in [1.82, 2.24) is 0 Å². The number of primary amides is 1. The number of anilines is 1. The lowest BCUT2D eigenvalue weighted by Gasteiger charge is -2.21. The van der Waals surface area contributed by atoms with Crippen LogP contribution in [-0.2, 0) is 10.2 Å². The largest absolute Gasteiger partial charge is 0.495 e. The number of nitrogens with one attached hydrogen (secondary N) is 1. The van der Waals surface area contributed by atoms with Crippen molar-refractivity contribution in [2.75, 3.05) is 19.0 Å². The molecule has 1 aromatic rings. The molecule has 0 aliphatic heterocycles. The lowest BCUT2D eigenvalue weighted by Crippen LogP contribution is -2.22. The highest BCUT2D eigenvalue weighted by Crippen LogP contribution is 2.31. The molecule has 0 aliphatic rings. The fraction of sp³-hybridized carbons (Fsp3) is 0.462. The van der Waals surface area contributed by atoms with Crippen molar-refractivity contribution < 1.29 is 9.53 Å². The van der Waals surface area contributed by atoms with E-state index in [9.17, 15) is 4.79 Å². The van der Waals surface area contributed by atoms with Crippen LogP contribution in [0.3, 0.4) is 0 Å². The van der Waals surface area contributed by atoms with E-state index in [1.54, 1.807) is 7.11 Å². The van der Waals surface area contributed by atoms with Crippen LogP contribution < -0.4 is 15.8 Å². The maximum absolute atomic E-state index is 10.8. The molecule has 0 aliphatic carbocycles. The highest BCUT2D eigenvalue weighted by atomic mass is 16.5. The van der Waals surface area contributed by atoms with Crippen LogP contribution in [-0.4, -0.2) is 19.6 Å². The Bertz CT molecular complexity index is 408. The van der Waals surface area contributed by atoms with Gasteiger partial charge in [-0.15, -0.1) is 0 Å². The van der Waals surface area contributed by atoms with Crippen molar-refractivity contribution in [3.63, 3.8) is 0 Å². The van der Waals surface area contributed by atoms with Gasteiger partial charge in [0.05, 0.1) is 19.3 Å². The summed E-state index contributed by atoms with van der Waals surface area (Å²) >= 11 is 0. The zero-order valence-corrected chi connectivity index (χ0v) is 10.8. The Morgan fingerprint density at radius 1 is 1.41 bits per heavy atom. The summed E-state index contributed by atoms with van der Waals surface area (Å²) in [6.07, 6.45) is 0. The molecule has 3 N–H and O–H groups in total. The zero-order valence-electron chi connectivity index (χ0n) is 10.8. The fourth-order valence-electron chi connectivity index (χ4n) is 1.49. The molecule has 0 saturated heterocycles. The second-order valence-electron chi connectivity index (χ2n) is 4.98. The fourth-order valence-corrected chi connectivity index (χ4v) is 1.49. The predicted octanol–water partition coefficient (Wildman–Crippen LogP) is 1.89. The van der Waals surface area contributed by atoms with Gasteiger partial charge in [0, 0.05) is 0 Å². The quantitative estimate of drug-likeness (QED) is 0.839. The van der Waals surface area contributed by atoms with Crippen LogP contribution in [0.4, 0.5) is 5.69 Å². The second-order valence-corrected chi connectivity index (χ2v) is 4.98. The Morgan fingerprint density at radius 3 is 2.53 bits per heavy atom.